The van der Waals surface area contributed by atoms with Gasteiger partial charge in [0.2, 0.25) is 0 Å². The van der Waals surface area contributed by atoms with Gasteiger partial charge < -0.3 is 5.73 Å². The van der Waals surface area contributed by atoms with Gasteiger partial charge in [-0.1, -0.05) is 0 Å². The predicted octanol–water partition coefficient (Wildman–Crippen LogP) is 2.19. The maximum absolute atomic E-state index is 13.0. The van der Waals surface area contributed by atoms with E-state index >= 15 is 0 Å². The second-order valence-corrected chi connectivity index (χ2v) is 4.08. The monoisotopic (exact) mass is 197 g/mol. The molecule has 2 N–H and O–H groups in total. The summed E-state index contributed by atoms with van der Waals surface area (Å²) in [4.78, 5) is 0. The Morgan fingerprint density at radius 3 is 2.33 bits per heavy atom. The first kappa shape index (κ1) is 10.2. The standard InChI is InChI=1S/C8H13F2N.ClH/c9-8(10)4-7(5-11)2-1-6(8)3-7;/h6H,1-5,11H2;1H. The molecule has 2 fully saturated rings. The van der Waals surface area contributed by atoms with Crippen LogP contribution in [0.5, 0.6) is 0 Å². The lowest BCUT2D eigenvalue weighted by molar-refractivity contribution is -0.0600. The number of rotatable bonds is 1. The van der Waals surface area contributed by atoms with E-state index in [1.54, 1.807) is 0 Å². The van der Waals surface area contributed by atoms with E-state index in [9.17, 15) is 8.78 Å². The van der Waals surface area contributed by atoms with Crippen molar-refractivity contribution in [2.24, 2.45) is 17.1 Å². The van der Waals surface area contributed by atoms with Gasteiger partial charge in [0, 0.05) is 12.3 Å². The largest absolute Gasteiger partial charge is 0.330 e. The van der Waals surface area contributed by atoms with Gasteiger partial charge in [0.1, 0.15) is 0 Å². The number of alkyl halides is 2. The van der Waals surface area contributed by atoms with Crippen molar-refractivity contribution in [3.63, 3.8) is 0 Å². The van der Waals surface area contributed by atoms with Crippen LogP contribution in [0.2, 0.25) is 0 Å². The predicted molar refractivity (Wildman–Crippen MR) is 45.6 cm³/mol. The van der Waals surface area contributed by atoms with Crippen molar-refractivity contribution in [1.29, 1.82) is 0 Å². The molecule has 2 rings (SSSR count). The molecule has 2 aliphatic rings. The van der Waals surface area contributed by atoms with Crippen LogP contribution < -0.4 is 5.73 Å². The van der Waals surface area contributed by atoms with Crippen LogP contribution in [-0.2, 0) is 0 Å². The minimum Gasteiger partial charge on any atom is -0.330 e. The molecule has 0 aromatic heterocycles. The van der Waals surface area contributed by atoms with Crippen molar-refractivity contribution in [3.05, 3.63) is 0 Å². The van der Waals surface area contributed by atoms with Crippen LogP contribution in [0.15, 0.2) is 0 Å². The fourth-order valence-electron chi connectivity index (χ4n) is 2.63. The summed E-state index contributed by atoms with van der Waals surface area (Å²) in [5, 5.41) is 0. The van der Waals surface area contributed by atoms with Crippen LogP contribution in [0, 0.1) is 11.3 Å². The highest BCUT2D eigenvalue weighted by Gasteiger charge is 2.59. The van der Waals surface area contributed by atoms with Crippen LogP contribution in [0.1, 0.15) is 25.7 Å². The minimum absolute atomic E-state index is 0. The first-order valence-electron chi connectivity index (χ1n) is 4.16. The molecule has 0 aliphatic heterocycles. The summed E-state index contributed by atoms with van der Waals surface area (Å²) in [7, 11) is 0. The van der Waals surface area contributed by atoms with Gasteiger partial charge in [-0.05, 0) is 31.2 Å². The third-order valence-electron chi connectivity index (χ3n) is 3.34. The topological polar surface area (TPSA) is 26.0 Å². The summed E-state index contributed by atoms with van der Waals surface area (Å²) in [6.45, 7) is 0.444. The van der Waals surface area contributed by atoms with E-state index in [4.69, 9.17) is 5.73 Å². The van der Waals surface area contributed by atoms with Crippen molar-refractivity contribution in [1.82, 2.24) is 0 Å². The number of hydrogen-bond acceptors (Lipinski definition) is 1. The van der Waals surface area contributed by atoms with Gasteiger partial charge >= 0.3 is 0 Å². The number of hydrogen-bond donors (Lipinski definition) is 1. The molecule has 0 saturated heterocycles. The third-order valence-corrected chi connectivity index (χ3v) is 3.34. The van der Waals surface area contributed by atoms with E-state index in [1.165, 1.54) is 0 Å². The van der Waals surface area contributed by atoms with E-state index in [2.05, 4.69) is 0 Å². The van der Waals surface area contributed by atoms with Gasteiger partial charge in [-0.25, -0.2) is 8.78 Å². The Morgan fingerprint density at radius 1 is 1.42 bits per heavy atom. The summed E-state index contributed by atoms with van der Waals surface area (Å²) in [5.74, 6) is -2.76. The molecule has 0 spiro atoms. The van der Waals surface area contributed by atoms with Crippen LogP contribution >= 0.6 is 12.4 Å². The Hall–Kier alpha value is 0.110. The summed E-state index contributed by atoms with van der Waals surface area (Å²) in [6, 6.07) is 0. The van der Waals surface area contributed by atoms with Crippen molar-refractivity contribution in [2.45, 2.75) is 31.6 Å². The van der Waals surface area contributed by atoms with Gasteiger partial charge in [0.25, 0.3) is 5.92 Å². The fourth-order valence-corrected chi connectivity index (χ4v) is 2.63. The maximum atomic E-state index is 13.0. The molecule has 2 aliphatic carbocycles. The van der Waals surface area contributed by atoms with Crippen LogP contribution in [0.25, 0.3) is 0 Å². The quantitative estimate of drug-likeness (QED) is 0.685. The zero-order valence-electron chi connectivity index (χ0n) is 6.85. The first-order chi connectivity index (χ1) is 5.08. The molecule has 12 heavy (non-hydrogen) atoms. The van der Waals surface area contributed by atoms with Crippen molar-refractivity contribution >= 4 is 12.4 Å². The fraction of sp³-hybridized carbons (Fsp3) is 1.00. The Morgan fingerprint density at radius 2 is 2.08 bits per heavy atom. The highest BCUT2D eigenvalue weighted by atomic mass is 35.5. The van der Waals surface area contributed by atoms with Crippen molar-refractivity contribution in [3.8, 4) is 0 Å². The third kappa shape index (κ3) is 1.23. The lowest BCUT2D eigenvalue weighted by Gasteiger charge is -2.28. The molecule has 2 atom stereocenters. The summed E-state index contributed by atoms with van der Waals surface area (Å²) in [6.07, 6.45) is 2.31. The number of fused-ring (bicyclic) bond motifs is 2. The molecule has 4 heteroatoms. The highest BCUT2D eigenvalue weighted by Crippen LogP contribution is 2.60. The second-order valence-electron chi connectivity index (χ2n) is 4.08. The normalized spacial score (nSPS) is 42.8. The summed E-state index contributed by atoms with van der Waals surface area (Å²) in [5.41, 5.74) is 5.31. The molecule has 0 aromatic carbocycles. The zero-order chi connectivity index (χ0) is 8.11. The molecule has 72 valence electrons. The van der Waals surface area contributed by atoms with Crippen LogP contribution in [0.3, 0.4) is 0 Å². The molecular weight excluding hydrogens is 184 g/mol. The molecule has 0 radical (unpaired) electrons. The molecule has 2 unspecified atom stereocenters. The summed E-state index contributed by atoms with van der Waals surface area (Å²) >= 11 is 0. The molecule has 2 saturated carbocycles. The molecule has 1 nitrogen and oxygen atoms in total. The second kappa shape index (κ2) is 2.81. The van der Waals surface area contributed by atoms with Gasteiger partial charge in [-0.3, -0.25) is 0 Å². The van der Waals surface area contributed by atoms with Crippen LogP contribution in [-0.4, -0.2) is 12.5 Å². The minimum atomic E-state index is -2.41. The lowest BCUT2D eigenvalue weighted by atomic mass is 9.83. The first-order valence-corrected chi connectivity index (χ1v) is 4.16. The average molecular weight is 198 g/mol. The Bertz CT molecular complexity index is 186. The number of halogens is 3. The van der Waals surface area contributed by atoms with Crippen LogP contribution in [0.4, 0.5) is 8.78 Å². The lowest BCUT2D eigenvalue weighted by Crippen LogP contribution is -2.32. The molecular formula is C8H14ClF2N. The van der Waals surface area contributed by atoms with E-state index < -0.39 is 5.92 Å². The van der Waals surface area contributed by atoms with Gasteiger partial charge in [-0.15, -0.1) is 12.4 Å². The van der Waals surface area contributed by atoms with E-state index in [1.807, 2.05) is 0 Å². The van der Waals surface area contributed by atoms with Gasteiger partial charge in [0.05, 0.1) is 0 Å². The zero-order valence-corrected chi connectivity index (χ0v) is 7.67. The Balaban J connectivity index is 0.000000720. The molecule has 0 amide bonds. The highest BCUT2D eigenvalue weighted by molar-refractivity contribution is 5.85. The SMILES string of the molecule is Cl.NCC12CCC(C1)C(F)(F)C2. The molecule has 0 aromatic rings. The van der Waals surface area contributed by atoms with Gasteiger partial charge in [0.15, 0.2) is 0 Å². The van der Waals surface area contributed by atoms with Crippen molar-refractivity contribution < 1.29 is 8.78 Å². The Labute approximate surface area is 77.1 Å². The van der Waals surface area contributed by atoms with E-state index in [-0.39, 0.29) is 30.2 Å². The average Bonchev–Trinajstić information content (AvgIpc) is 2.42. The van der Waals surface area contributed by atoms with E-state index in [0.717, 1.165) is 6.42 Å². The smallest absolute Gasteiger partial charge is 0.251 e. The molecule has 0 heterocycles. The molecule has 2 bridgehead atoms. The maximum Gasteiger partial charge on any atom is 0.251 e. The van der Waals surface area contributed by atoms with Crippen molar-refractivity contribution in [2.75, 3.05) is 6.54 Å². The van der Waals surface area contributed by atoms with E-state index in [0.29, 0.717) is 19.4 Å². The van der Waals surface area contributed by atoms with Gasteiger partial charge in [-0.2, -0.15) is 0 Å². The summed E-state index contributed by atoms with van der Waals surface area (Å²) < 4.78 is 26.0. The Kier molecular flexibility index (Phi) is 2.39. The number of nitrogens with two attached hydrogens (primary N) is 1.